The Morgan fingerprint density at radius 2 is 0.519 bits per heavy atom. The third-order valence-corrected chi connectivity index (χ3v) is 28.0. The van der Waals surface area contributed by atoms with E-state index in [2.05, 4.69) is 74.6 Å². The average Bonchev–Trinajstić information content (AvgIpc) is 1.48. The minimum absolute atomic E-state index is 0.595. The van der Waals surface area contributed by atoms with Crippen LogP contribution in [0.15, 0.2) is 84.9 Å². The molecule has 4 aliphatic carbocycles. The summed E-state index contributed by atoms with van der Waals surface area (Å²) in [6.07, 6.45) is 8.34. The van der Waals surface area contributed by atoms with Gasteiger partial charge >= 0.3 is 0 Å². The molecular formula is C76H46AlF28N. The van der Waals surface area contributed by atoms with Gasteiger partial charge in [-0.25, -0.2) is 123 Å². The predicted molar refractivity (Wildman–Crippen MR) is 331 cm³/mol. The molecule has 106 heavy (non-hydrogen) atoms. The Hall–Kier alpha value is -9.27. The van der Waals surface area contributed by atoms with Crippen molar-refractivity contribution in [3.05, 3.63) is 292 Å². The minimum Gasteiger partial charge on any atom is -0.346 e. The largest absolute Gasteiger partial charge is 0.346 e. The predicted octanol–water partition coefficient (Wildman–Crippen LogP) is 22.7. The first kappa shape index (κ1) is 76.4. The van der Waals surface area contributed by atoms with Crippen molar-refractivity contribution >= 4 is 13.1 Å². The van der Waals surface area contributed by atoms with E-state index in [1.54, 1.807) is 0 Å². The standard InChI is InChI=1S/4C13H2F7.C12H27N.C12H10.Al/c4*14-5-2-3-1-4-7(6(3)10(17)9(5)16)11(18)13(20)12(19)8(4)15;1-4-7-8-12(6-3)9-11-13-10-5-2;1-3-7-11(8-4-1)12-9-5-2-6-10-12;/h4*1-2H;12-13H,4-11H2,1-3H3;1-10H;/q;;;;;;-1/p+1. The fourth-order valence-electron chi connectivity index (χ4n) is 16.4. The number of unbranched alkanes of at least 4 members (excludes halogenated alkanes) is 1. The van der Waals surface area contributed by atoms with Crippen LogP contribution in [-0.2, 0) is 0 Å². The highest BCUT2D eigenvalue weighted by atomic mass is 27.2. The van der Waals surface area contributed by atoms with E-state index in [0.29, 0.717) is 0 Å². The molecule has 10 aromatic rings. The van der Waals surface area contributed by atoms with Crippen LogP contribution in [0.3, 0.4) is 0 Å². The summed E-state index contributed by atoms with van der Waals surface area (Å²) in [5.41, 5.74) is -34.9. The van der Waals surface area contributed by atoms with Gasteiger partial charge in [-0.1, -0.05) is 129 Å². The number of benzene rings is 10. The second-order valence-electron chi connectivity index (χ2n) is 25.8. The Morgan fingerprint density at radius 1 is 0.274 bits per heavy atom. The summed E-state index contributed by atoms with van der Waals surface area (Å²) in [6.45, 7) is 9.53. The molecule has 0 saturated carbocycles. The van der Waals surface area contributed by atoms with Gasteiger partial charge in [0.25, 0.3) is 0 Å². The van der Waals surface area contributed by atoms with Crippen LogP contribution in [0, 0.1) is 169 Å². The highest BCUT2D eigenvalue weighted by Crippen LogP contribution is 2.73. The van der Waals surface area contributed by atoms with Crippen LogP contribution in [0.5, 0.6) is 0 Å². The molecule has 5 unspecified atom stereocenters. The fourth-order valence-corrected chi connectivity index (χ4v) is 25.8. The Kier molecular flexibility index (Phi) is 20.7. The van der Waals surface area contributed by atoms with Crippen molar-refractivity contribution < 1.29 is 128 Å². The van der Waals surface area contributed by atoms with Crippen molar-refractivity contribution in [1.82, 2.24) is 0 Å². The smallest absolute Gasteiger partial charge is 0.198 e. The van der Waals surface area contributed by atoms with Crippen LogP contribution in [-0.4, -0.2) is 26.2 Å². The van der Waals surface area contributed by atoms with Crippen molar-refractivity contribution in [3.63, 3.8) is 0 Å². The van der Waals surface area contributed by atoms with E-state index in [9.17, 15) is 0 Å². The van der Waals surface area contributed by atoms with Gasteiger partial charge in [-0.05, 0) is 76.4 Å². The van der Waals surface area contributed by atoms with Crippen molar-refractivity contribution in [3.8, 4) is 55.6 Å². The van der Waals surface area contributed by atoms with Gasteiger partial charge < -0.3 is 5.32 Å². The van der Waals surface area contributed by atoms with Crippen LogP contribution < -0.4 is 5.32 Å². The van der Waals surface area contributed by atoms with Crippen molar-refractivity contribution in [1.29, 1.82) is 0 Å². The zero-order valence-corrected chi connectivity index (χ0v) is 55.5. The summed E-state index contributed by atoms with van der Waals surface area (Å²) in [5, 5.41) is 2.47. The maximum Gasteiger partial charge on any atom is 0.198 e. The number of hydrogen-bond donors (Lipinski definition) is 1. The van der Waals surface area contributed by atoms with E-state index in [4.69, 9.17) is 0 Å². The molecule has 0 bridgehead atoms. The molecule has 14 rings (SSSR count). The lowest BCUT2D eigenvalue weighted by Gasteiger charge is -2.57. The average molecular weight is 1530 g/mol. The van der Waals surface area contributed by atoms with Gasteiger partial charge in [0, 0.05) is 44.5 Å². The van der Waals surface area contributed by atoms with Crippen molar-refractivity contribution in [2.45, 2.75) is 78.4 Å². The number of nitrogens with two attached hydrogens (primary N) is 1. The van der Waals surface area contributed by atoms with E-state index < -0.39 is 308 Å². The van der Waals surface area contributed by atoms with Gasteiger partial charge in [0.15, 0.2) is 176 Å². The number of quaternary nitrogens is 1. The van der Waals surface area contributed by atoms with Gasteiger partial charge in [0.1, 0.15) is 0 Å². The first-order valence-electron chi connectivity index (χ1n) is 32.5. The van der Waals surface area contributed by atoms with Crippen molar-refractivity contribution in [2.24, 2.45) is 5.92 Å². The third kappa shape index (κ3) is 11.4. The van der Waals surface area contributed by atoms with Crippen LogP contribution >= 0.6 is 0 Å². The van der Waals surface area contributed by atoms with Gasteiger partial charge in [0.05, 0.1) is 13.1 Å². The molecule has 0 aliphatic heterocycles. The van der Waals surface area contributed by atoms with Crippen molar-refractivity contribution in [2.75, 3.05) is 13.1 Å². The molecule has 10 aromatic carbocycles. The first-order valence-corrected chi connectivity index (χ1v) is 35.1. The number of hydrogen-bond acceptors (Lipinski definition) is 0. The molecule has 4 aliphatic rings. The van der Waals surface area contributed by atoms with E-state index in [1.165, 1.54) is 62.7 Å². The molecule has 0 radical (unpaired) electrons. The van der Waals surface area contributed by atoms with Crippen LogP contribution in [0.1, 0.15) is 123 Å². The lowest BCUT2D eigenvalue weighted by molar-refractivity contribution is -0.655. The zero-order valence-electron chi connectivity index (χ0n) is 54.4. The summed E-state index contributed by atoms with van der Waals surface area (Å²) in [7, 11) is 0. The molecule has 0 spiro atoms. The quantitative estimate of drug-likeness (QED) is 0.0367. The highest BCUT2D eigenvalue weighted by molar-refractivity contribution is 6.88. The monoisotopic (exact) mass is 1530 g/mol. The Morgan fingerprint density at radius 3 is 0.755 bits per heavy atom. The summed E-state index contributed by atoms with van der Waals surface area (Å²) in [5.74, 6) is -84.8. The molecule has 0 aromatic heterocycles. The molecule has 0 saturated heterocycles. The van der Waals surface area contributed by atoms with Crippen LogP contribution in [0.4, 0.5) is 123 Å². The first-order chi connectivity index (χ1) is 50.2. The minimum atomic E-state index is -8.92. The summed E-state index contributed by atoms with van der Waals surface area (Å²) < 4.78 is 446. The normalized spacial score (nSPS) is 16.3. The van der Waals surface area contributed by atoms with E-state index in [1.807, 2.05) is 12.1 Å². The lowest BCUT2D eigenvalue weighted by Crippen LogP contribution is -2.84. The Bertz CT molecular complexity index is 4710. The summed E-state index contributed by atoms with van der Waals surface area (Å²) in [6, 6.07) is 18.4. The Labute approximate surface area is 584 Å². The number of rotatable bonds is 14. The summed E-state index contributed by atoms with van der Waals surface area (Å²) in [4.78, 5) is 0. The maximum absolute atomic E-state index is 17.7. The second-order valence-corrected chi connectivity index (χ2v) is 30.8. The fraction of sp³-hybridized carbons (Fsp3) is 0.211. The molecule has 5 atom stereocenters. The summed E-state index contributed by atoms with van der Waals surface area (Å²) >= 11 is -8.92. The lowest BCUT2D eigenvalue weighted by atomic mass is 9.96. The topological polar surface area (TPSA) is 16.6 Å². The van der Waals surface area contributed by atoms with E-state index >= 15 is 123 Å². The Balaban J connectivity index is 0.000000355. The number of halogens is 28. The van der Waals surface area contributed by atoms with Gasteiger partial charge in [-0.15, -0.1) is 19.1 Å². The van der Waals surface area contributed by atoms with Gasteiger partial charge in [-0.3, -0.25) is 0 Å². The SMILES string of the molecule is CCCCC(CC)CC[NH2+]CCC.Fc1cc2c(c(F)c1F)-c1c(F)c(F)c(F)c(F)c1[CH]2[Al-]([CH]1c2cc(F)c(F)c(F)c2-c2c(F)c(F)c(F)c(F)c21)([CH]1c2cc(F)c(F)c(F)c2-c2c(F)c(F)c(F)c(F)c21)[CH]1c2cc(F)c(F)c(F)c2-c2c(F)c(F)c(F)c(F)c21.c1ccc(-c2ccccc2)cc1. The maximum atomic E-state index is 17.7. The highest BCUT2D eigenvalue weighted by Gasteiger charge is 2.68. The third-order valence-electron chi connectivity index (χ3n) is 20.6. The molecule has 0 heterocycles. The van der Waals surface area contributed by atoms with E-state index in [0.717, 1.165) is 5.92 Å². The second kappa shape index (κ2) is 28.8. The molecule has 0 fully saturated rings. The molecular weight excluding hydrogens is 1490 g/mol. The van der Waals surface area contributed by atoms with Crippen LogP contribution in [0.2, 0.25) is 0 Å². The molecule has 1 nitrogen and oxygen atoms in total. The van der Waals surface area contributed by atoms with Gasteiger partial charge in [-0.2, -0.15) is 0 Å². The zero-order chi connectivity index (χ0) is 77.2. The molecule has 30 heteroatoms. The van der Waals surface area contributed by atoms with Crippen LogP contribution in [0.25, 0.3) is 55.6 Å². The molecule has 554 valence electrons. The van der Waals surface area contributed by atoms with E-state index in [-0.39, 0.29) is 0 Å². The molecule has 0 amide bonds. The molecule has 2 N–H and O–H groups in total. The number of fused-ring (bicyclic) bond motifs is 12. The van der Waals surface area contributed by atoms with Gasteiger partial charge in [0.2, 0.25) is 0 Å².